The van der Waals surface area contributed by atoms with Crippen LogP contribution in [0.4, 0.5) is 0 Å². The summed E-state index contributed by atoms with van der Waals surface area (Å²) in [5, 5.41) is 2.61. The molecule has 0 aliphatic heterocycles. The highest BCUT2D eigenvalue weighted by molar-refractivity contribution is 6.05. The second-order valence-corrected chi connectivity index (χ2v) is 6.03. The lowest BCUT2D eigenvalue weighted by molar-refractivity contribution is 0.951. The molecule has 0 unspecified atom stereocenters. The maximum absolute atomic E-state index is 2.32. The summed E-state index contributed by atoms with van der Waals surface area (Å²) in [4.78, 5) is 0. The van der Waals surface area contributed by atoms with Crippen LogP contribution in [0, 0.1) is 6.92 Å². The van der Waals surface area contributed by atoms with Crippen LogP contribution in [0.3, 0.4) is 0 Å². The van der Waals surface area contributed by atoms with E-state index in [0.29, 0.717) is 0 Å². The molecule has 23 heavy (non-hydrogen) atoms. The smallest absolute Gasteiger partial charge is 0.0562 e. The van der Waals surface area contributed by atoms with Crippen molar-refractivity contribution in [3.05, 3.63) is 84.4 Å². The second kappa shape index (κ2) is 5.44. The van der Waals surface area contributed by atoms with E-state index in [1.807, 2.05) is 0 Å². The third-order valence-corrected chi connectivity index (χ3v) is 4.48. The molecule has 0 N–H and O–H groups in total. The van der Waals surface area contributed by atoms with E-state index in [1.165, 1.54) is 38.9 Å². The van der Waals surface area contributed by atoms with Gasteiger partial charge in [-0.2, -0.15) is 0 Å². The molecule has 1 heteroatoms. The number of rotatable bonds is 2. The summed E-state index contributed by atoms with van der Waals surface area (Å²) in [6.07, 6.45) is 0. The van der Waals surface area contributed by atoms with Crippen LogP contribution >= 0.6 is 0 Å². The second-order valence-electron chi connectivity index (χ2n) is 6.03. The average molecular weight is 297 g/mol. The molecule has 0 aliphatic rings. The normalized spacial score (nSPS) is 11.0. The third kappa shape index (κ3) is 2.25. The van der Waals surface area contributed by atoms with Gasteiger partial charge in [-0.1, -0.05) is 84.4 Å². The lowest BCUT2D eigenvalue weighted by Crippen LogP contribution is -1.94. The Hall–Kier alpha value is -2.80. The molecule has 0 bridgehead atoms. The van der Waals surface area contributed by atoms with E-state index in [2.05, 4.69) is 97.4 Å². The Bertz CT molecular complexity index is 960. The molecule has 0 spiro atoms. The molecule has 0 radical (unpaired) electrons. The maximum atomic E-state index is 2.32. The summed E-state index contributed by atoms with van der Waals surface area (Å²) in [7, 11) is 2.16. The van der Waals surface area contributed by atoms with Crippen molar-refractivity contribution in [2.75, 3.05) is 0 Å². The number of aryl methyl sites for hydroxylation is 1. The molecule has 0 aliphatic carbocycles. The van der Waals surface area contributed by atoms with Crippen molar-refractivity contribution in [2.45, 2.75) is 6.92 Å². The monoisotopic (exact) mass is 297 g/mol. The predicted molar refractivity (Wildman–Crippen MR) is 98.5 cm³/mol. The fourth-order valence-corrected chi connectivity index (χ4v) is 3.38. The molecule has 0 saturated heterocycles. The first-order chi connectivity index (χ1) is 11.3. The van der Waals surface area contributed by atoms with Crippen molar-refractivity contribution in [3.8, 4) is 22.5 Å². The molecule has 0 fully saturated rings. The van der Waals surface area contributed by atoms with Gasteiger partial charge in [0.1, 0.15) is 0 Å². The minimum Gasteiger partial charge on any atom is -0.343 e. The van der Waals surface area contributed by atoms with Crippen molar-refractivity contribution >= 4 is 10.8 Å². The van der Waals surface area contributed by atoms with E-state index in [-0.39, 0.29) is 0 Å². The van der Waals surface area contributed by atoms with E-state index in [4.69, 9.17) is 0 Å². The van der Waals surface area contributed by atoms with E-state index in [0.717, 1.165) is 0 Å². The third-order valence-electron chi connectivity index (χ3n) is 4.48. The summed E-state index contributed by atoms with van der Waals surface area (Å²) in [6.45, 7) is 2.13. The standard InChI is InChI=1S/C22H19N/c1-16-12-14-18(15-13-16)22-20-11-7-6-10-19(20)21(23(22)2)17-8-4-3-5-9-17/h3-15H,1-2H3. The van der Waals surface area contributed by atoms with E-state index >= 15 is 0 Å². The molecule has 4 rings (SSSR count). The van der Waals surface area contributed by atoms with Gasteiger partial charge in [0.25, 0.3) is 0 Å². The first kappa shape index (κ1) is 13.8. The first-order valence-electron chi connectivity index (χ1n) is 7.95. The number of nitrogens with zero attached hydrogens (tertiary/aromatic N) is 1. The Morgan fingerprint density at radius 2 is 1.04 bits per heavy atom. The molecule has 1 heterocycles. The summed E-state index contributed by atoms with van der Waals surface area (Å²) in [6, 6.07) is 28.1. The number of benzene rings is 3. The Morgan fingerprint density at radius 1 is 0.565 bits per heavy atom. The van der Waals surface area contributed by atoms with Crippen molar-refractivity contribution in [1.29, 1.82) is 0 Å². The van der Waals surface area contributed by atoms with Crippen LogP contribution in [0.15, 0.2) is 78.9 Å². The minimum atomic E-state index is 1.25. The fourth-order valence-electron chi connectivity index (χ4n) is 3.38. The van der Waals surface area contributed by atoms with Gasteiger partial charge in [-0.3, -0.25) is 0 Å². The van der Waals surface area contributed by atoms with Gasteiger partial charge < -0.3 is 4.57 Å². The summed E-state index contributed by atoms with van der Waals surface area (Å²) >= 11 is 0. The van der Waals surface area contributed by atoms with E-state index < -0.39 is 0 Å². The van der Waals surface area contributed by atoms with E-state index in [9.17, 15) is 0 Å². The zero-order valence-corrected chi connectivity index (χ0v) is 13.5. The number of aromatic nitrogens is 1. The highest BCUT2D eigenvalue weighted by atomic mass is 15.0. The Kier molecular flexibility index (Phi) is 3.27. The van der Waals surface area contributed by atoms with Crippen LogP contribution in [-0.2, 0) is 7.05 Å². The predicted octanol–water partition coefficient (Wildman–Crippen LogP) is 5.82. The first-order valence-corrected chi connectivity index (χ1v) is 7.95. The van der Waals surface area contributed by atoms with E-state index in [1.54, 1.807) is 0 Å². The molecule has 1 aromatic heterocycles. The van der Waals surface area contributed by atoms with Crippen LogP contribution in [0.25, 0.3) is 33.3 Å². The topological polar surface area (TPSA) is 4.93 Å². The molecule has 0 saturated carbocycles. The molecule has 4 aromatic rings. The van der Waals surface area contributed by atoms with Crippen molar-refractivity contribution in [3.63, 3.8) is 0 Å². The quantitative estimate of drug-likeness (QED) is 0.439. The van der Waals surface area contributed by atoms with Crippen molar-refractivity contribution in [1.82, 2.24) is 4.57 Å². The van der Waals surface area contributed by atoms with Crippen LogP contribution < -0.4 is 0 Å². The van der Waals surface area contributed by atoms with Crippen molar-refractivity contribution < 1.29 is 0 Å². The Morgan fingerprint density at radius 3 is 1.61 bits per heavy atom. The maximum Gasteiger partial charge on any atom is 0.0562 e. The molecule has 0 amide bonds. The average Bonchev–Trinajstić information content (AvgIpc) is 2.88. The van der Waals surface area contributed by atoms with Crippen LogP contribution in [-0.4, -0.2) is 4.57 Å². The van der Waals surface area contributed by atoms with Crippen LogP contribution in [0.1, 0.15) is 5.56 Å². The Balaban J connectivity index is 2.06. The van der Waals surface area contributed by atoms with Crippen LogP contribution in [0.2, 0.25) is 0 Å². The van der Waals surface area contributed by atoms with Gasteiger partial charge in [-0.05, 0) is 18.1 Å². The summed E-state index contributed by atoms with van der Waals surface area (Å²) < 4.78 is 2.32. The molecular formula is C22H19N. The minimum absolute atomic E-state index is 1.25. The highest BCUT2D eigenvalue weighted by Gasteiger charge is 2.16. The zero-order valence-electron chi connectivity index (χ0n) is 13.5. The molecule has 0 atom stereocenters. The van der Waals surface area contributed by atoms with Gasteiger partial charge in [0.05, 0.1) is 11.4 Å². The fraction of sp³-hybridized carbons (Fsp3) is 0.0909. The molecule has 3 aromatic carbocycles. The SMILES string of the molecule is Cc1ccc(-c2c3ccccc3c(-c3ccccc3)n2C)cc1. The van der Waals surface area contributed by atoms with Gasteiger partial charge in [-0.25, -0.2) is 0 Å². The number of hydrogen-bond donors (Lipinski definition) is 0. The van der Waals surface area contributed by atoms with Gasteiger partial charge in [0.2, 0.25) is 0 Å². The van der Waals surface area contributed by atoms with Gasteiger partial charge in [0.15, 0.2) is 0 Å². The lowest BCUT2D eigenvalue weighted by atomic mass is 10.0. The van der Waals surface area contributed by atoms with Gasteiger partial charge in [-0.15, -0.1) is 0 Å². The summed E-state index contributed by atoms with van der Waals surface area (Å²) in [5.74, 6) is 0. The number of fused-ring (bicyclic) bond motifs is 1. The zero-order chi connectivity index (χ0) is 15.8. The molecular weight excluding hydrogens is 278 g/mol. The van der Waals surface area contributed by atoms with Gasteiger partial charge in [0, 0.05) is 17.8 Å². The van der Waals surface area contributed by atoms with Gasteiger partial charge >= 0.3 is 0 Å². The Labute approximate surface area is 136 Å². The highest BCUT2D eigenvalue weighted by Crippen LogP contribution is 2.38. The number of hydrogen-bond acceptors (Lipinski definition) is 0. The van der Waals surface area contributed by atoms with Crippen molar-refractivity contribution in [2.24, 2.45) is 7.05 Å². The molecule has 1 nitrogen and oxygen atoms in total. The summed E-state index contributed by atoms with van der Waals surface area (Å²) in [5.41, 5.74) is 6.35. The lowest BCUT2D eigenvalue weighted by Gasteiger charge is -2.09. The molecule has 112 valence electrons. The van der Waals surface area contributed by atoms with Crippen LogP contribution in [0.5, 0.6) is 0 Å². The largest absolute Gasteiger partial charge is 0.343 e.